The molecule has 1 aliphatic rings. The van der Waals surface area contributed by atoms with Crippen LogP contribution in [-0.2, 0) is 0 Å². The quantitative estimate of drug-likeness (QED) is 0.185. The molecule has 0 aliphatic carbocycles. The highest BCUT2D eigenvalue weighted by Crippen LogP contribution is 2.34. The number of aromatic nitrogens is 3. The number of fused-ring (bicyclic) bond motifs is 3. The van der Waals surface area contributed by atoms with Gasteiger partial charge in [0.25, 0.3) is 0 Å². The molecule has 0 saturated heterocycles. The SMILES string of the molecule is Cc1cccc(C)c1N1B(c2cccc(Oc3ccc4c5ccccc5n(-c5ccccc5)c4n3)n2)C=CN1c1ccccc1. The number of pyridine rings is 2. The monoisotopic (exact) mass is 583 g/mol. The molecule has 0 bridgehead atoms. The minimum atomic E-state index is -0.135. The smallest absolute Gasteiger partial charge is 0.360 e. The standard InChI is InChI=1S/C38H30BN5O/c1-27-13-11-14-28(2)37(27)44-39(25-26-42(44)29-15-5-3-6-16-29)34-21-12-22-35(40-34)45-36-24-23-32-31-19-9-10-20-33(31)43(38(32)41-36)30-17-7-4-8-18-30/h3-26H,1-2H3. The average molecular weight is 584 g/mol. The zero-order valence-corrected chi connectivity index (χ0v) is 25.1. The van der Waals surface area contributed by atoms with Crippen LogP contribution in [0.3, 0.4) is 0 Å². The largest absolute Gasteiger partial charge is 0.421 e. The van der Waals surface area contributed by atoms with Gasteiger partial charge in [0.05, 0.1) is 16.9 Å². The second kappa shape index (κ2) is 11.0. The summed E-state index contributed by atoms with van der Waals surface area (Å²) in [5.74, 6) is 3.18. The highest BCUT2D eigenvalue weighted by atomic mass is 16.5. The van der Waals surface area contributed by atoms with Crippen molar-refractivity contribution in [1.29, 1.82) is 0 Å². The van der Waals surface area contributed by atoms with E-state index >= 15 is 0 Å². The molecule has 4 heterocycles. The summed E-state index contributed by atoms with van der Waals surface area (Å²) in [6, 6.07) is 45.5. The van der Waals surface area contributed by atoms with Gasteiger partial charge in [0, 0.05) is 40.4 Å². The first-order valence-corrected chi connectivity index (χ1v) is 15.1. The Labute approximate surface area is 262 Å². The number of benzene rings is 4. The van der Waals surface area contributed by atoms with Crippen LogP contribution in [0.15, 0.2) is 146 Å². The molecule has 3 aromatic heterocycles. The van der Waals surface area contributed by atoms with Crippen LogP contribution in [0.2, 0.25) is 0 Å². The van der Waals surface area contributed by atoms with E-state index in [1.165, 1.54) is 11.1 Å². The molecule has 0 saturated carbocycles. The molecule has 0 radical (unpaired) electrons. The first-order valence-electron chi connectivity index (χ1n) is 15.1. The average Bonchev–Trinajstić information content (AvgIpc) is 3.65. The highest BCUT2D eigenvalue weighted by Gasteiger charge is 2.36. The van der Waals surface area contributed by atoms with Crippen LogP contribution in [0.4, 0.5) is 11.4 Å². The van der Waals surface area contributed by atoms with Gasteiger partial charge < -0.3 is 9.66 Å². The molecular formula is C38H30BN5O. The molecule has 0 spiro atoms. The lowest BCUT2D eigenvalue weighted by molar-refractivity contribution is 0.447. The lowest BCUT2D eigenvalue weighted by atomic mass is 9.58. The third-order valence-electron chi connectivity index (χ3n) is 8.36. The summed E-state index contributed by atoms with van der Waals surface area (Å²) in [7, 11) is 0. The Kier molecular flexibility index (Phi) is 6.57. The van der Waals surface area contributed by atoms with Crippen LogP contribution in [0.25, 0.3) is 27.6 Å². The Morgan fingerprint density at radius 1 is 0.578 bits per heavy atom. The highest BCUT2D eigenvalue weighted by molar-refractivity contribution is 6.81. The Bertz CT molecular complexity index is 2180. The summed E-state index contributed by atoms with van der Waals surface area (Å²) in [5, 5.41) is 4.43. The van der Waals surface area contributed by atoms with Gasteiger partial charge in [-0.2, -0.15) is 4.98 Å². The Hall–Kier alpha value is -5.82. The summed E-state index contributed by atoms with van der Waals surface area (Å²) in [6.45, 7) is 4.18. The van der Waals surface area contributed by atoms with Gasteiger partial charge in [-0.3, -0.25) is 9.58 Å². The number of hydrogen-bond acceptors (Lipinski definition) is 5. The van der Waals surface area contributed by atoms with Crippen molar-refractivity contribution in [3.63, 3.8) is 0 Å². The van der Waals surface area contributed by atoms with Crippen molar-refractivity contribution in [2.24, 2.45) is 0 Å². The fourth-order valence-corrected chi connectivity index (χ4v) is 6.36. The summed E-state index contributed by atoms with van der Waals surface area (Å²) >= 11 is 0. The van der Waals surface area contributed by atoms with Crippen molar-refractivity contribution >= 4 is 45.8 Å². The fraction of sp³-hybridized carbons (Fsp3) is 0.0526. The van der Waals surface area contributed by atoms with Gasteiger partial charge >= 0.3 is 6.85 Å². The zero-order valence-electron chi connectivity index (χ0n) is 25.1. The van der Waals surface area contributed by atoms with Crippen molar-refractivity contribution in [3.05, 3.63) is 157 Å². The van der Waals surface area contributed by atoms with Crippen molar-refractivity contribution < 1.29 is 4.74 Å². The van der Waals surface area contributed by atoms with E-state index in [0.717, 1.165) is 44.6 Å². The van der Waals surface area contributed by atoms with Crippen LogP contribution in [-0.4, -0.2) is 21.4 Å². The van der Waals surface area contributed by atoms with Gasteiger partial charge in [-0.05, 0) is 67.4 Å². The summed E-state index contributed by atoms with van der Waals surface area (Å²) in [6.07, 6.45) is 2.12. The second-order valence-corrected chi connectivity index (χ2v) is 11.3. The van der Waals surface area contributed by atoms with Gasteiger partial charge in [-0.1, -0.05) is 84.8 Å². The summed E-state index contributed by atoms with van der Waals surface area (Å²) < 4.78 is 8.57. The lowest BCUT2D eigenvalue weighted by Gasteiger charge is -2.37. The van der Waals surface area contributed by atoms with E-state index < -0.39 is 0 Å². The minimum Gasteiger partial charge on any atom is -0.421 e. The van der Waals surface area contributed by atoms with E-state index in [1.807, 2.05) is 42.5 Å². The number of anilines is 2. The molecule has 0 N–H and O–H groups in total. The molecule has 8 rings (SSSR count). The third-order valence-corrected chi connectivity index (χ3v) is 8.36. The number of para-hydroxylation sites is 4. The number of aryl methyl sites for hydroxylation is 2. The molecule has 7 aromatic rings. The number of hydrogen-bond donors (Lipinski definition) is 0. The topological polar surface area (TPSA) is 46.4 Å². The molecule has 0 atom stereocenters. The molecule has 0 unspecified atom stereocenters. The number of nitrogens with zero attached hydrogens (tertiary/aromatic N) is 5. The maximum absolute atomic E-state index is 6.38. The van der Waals surface area contributed by atoms with E-state index in [2.05, 4.69) is 132 Å². The summed E-state index contributed by atoms with van der Waals surface area (Å²) in [5.41, 5.74) is 8.51. The molecule has 0 amide bonds. The molecular weight excluding hydrogens is 553 g/mol. The van der Waals surface area contributed by atoms with E-state index in [4.69, 9.17) is 14.7 Å². The van der Waals surface area contributed by atoms with Crippen molar-refractivity contribution in [1.82, 2.24) is 14.5 Å². The zero-order chi connectivity index (χ0) is 30.3. The van der Waals surface area contributed by atoms with Crippen LogP contribution in [0.1, 0.15) is 11.1 Å². The van der Waals surface area contributed by atoms with Crippen molar-refractivity contribution in [2.75, 3.05) is 9.93 Å². The molecule has 7 heteroatoms. The maximum Gasteiger partial charge on any atom is 0.360 e. The van der Waals surface area contributed by atoms with Crippen LogP contribution < -0.4 is 20.3 Å². The van der Waals surface area contributed by atoms with Gasteiger partial charge in [0.15, 0.2) is 0 Å². The minimum absolute atomic E-state index is 0.135. The van der Waals surface area contributed by atoms with Gasteiger partial charge in [0.2, 0.25) is 11.8 Å². The molecule has 45 heavy (non-hydrogen) atoms. The van der Waals surface area contributed by atoms with E-state index in [0.29, 0.717) is 11.8 Å². The van der Waals surface area contributed by atoms with Crippen LogP contribution >= 0.6 is 0 Å². The van der Waals surface area contributed by atoms with Gasteiger partial charge in [-0.15, -0.1) is 0 Å². The second-order valence-electron chi connectivity index (χ2n) is 11.3. The van der Waals surface area contributed by atoms with E-state index in [9.17, 15) is 0 Å². The van der Waals surface area contributed by atoms with E-state index in [-0.39, 0.29) is 6.85 Å². The normalized spacial score (nSPS) is 12.9. The van der Waals surface area contributed by atoms with E-state index in [1.54, 1.807) is 0 Å². The van der Waals surface area contributed by atoms with Crippen molar-refractivity contribution in [3.8, 4) is 17.4 Å². The van der Waals surface area contributed by atoms with Crippen LogP contribution in [0, 0.1) is 13.8 Å². The molecule has 216 valence electrons. The molecule has 6 nitrogen and oxygen atoms in total. The Morgan fingerprint density at radius 3 is 2.02 bits per heavy atom. The fourth-order valence-electron chi connectivity index (χ4n) is 6.36. The first kappa shape index (κ1) is 26.8. The molecule has 0 fully saturated rings. The predicted octanol–water partition coefficient (Wildman–Crippen LogP) is 8.18. The number of rotatable bonds is 6. The van der Waals surface area contributed by atoms with Crippen molar-refractivity contribution in [2.45, 2.75) is 13.8 Å². The van der Waals surface area contributed by atoms with Crippen LogP contribution in [0.5, 0.6) is 11.8 Å². The maximum atomic E-state index is 6.38. The van der Waals surface area contributed by atoms with Gasteiger partial charge in [-0.25, -0.2) is 4.98 Å². The predicted molar refractivity (Wildman–Crippen MR) is 185 cm³/mol. The Morgan fingerprint density at radius 2 is 1.24 bits per heavy atom. The van der Waals surface area contributed by atoms with Gasteiger partial charge in [0.1, 0.15) is 5.65 Å². The lowest BCUT2D eigenvalue weighted by Crippen LogP contribution is -2.52. The first-order chi connectivity index (χ1) is 22.2. The summed E-state index contributed by atoms with van der Waals surface area (Å²) in [4.78, 5) is 12.4. The molecule has 1 aliphatic heterocycles. The molecule has 4 aromatic carbocycles. The number of ether oxygens (including phenoxy) is 1. The third kappa shape index (κ3) is 4.70. The Balaban J connectivity index is 1.18. The number of hydrazine groups is 1.